The molecule has 0 aliphatic rings. The summed E-state index contributed by atoms with van der Waals surface area (Å²) in [6, 6.07) is 12.1. The van der Waals surface area contributed by atoms with Gasteiger partial charge < -0.3 is 20.1 Å². The number of carbonyl (C=O) groups excluding carboxylic acids is 2. The van der Waals surface area contributed by atoms with Gasteiger partial charge in [-0.1, -0.05) is 13.8 Å². The maximum absolute atomic E-state index is 12.4. The average molecular weight is 435 g/mol. The third-order valence-corrected chi connectivity index (χ3v) is 4.29. The molecule has 0 fully saturated rings. The molecule has 0 aliphatic carbocycles. The van der Waals surface area contributed by atoms with Crippen LogP contribution in [0.15, 0.2) is 46.9 Å². The molecule has 144 valence electrons. The highest BCUT2D eigenvalue weighted by molar-refractivity contribution is 9.10. The molecule has 0 saturated carbocycles. The lowest BCUT2D eigenvalue weighted by Crippen LogP contribution is -2.17. The van der Waals surface area contributed by atoms with Crippen LogP contribution in [0.1, 0.15) is 24.2 Å². The van der Waals surface area contributed by atoms with E-state index in [2.05, 4.69) is 26.6 Å². The van der Waals surface area contributed by atoms with E-state index in [-0.39, 0.29) is 17.7 Å². The van der Waals surface area contributed by atoms with Crippen molar-refractivity contribution in [3.8, 4) is 5.75 Å². The fourth-order valence-electron chi connectivity index (χ4n) is 2.12. The zero-order valence-electron chi connectivity index (χ0n) is 15.5. The molecule has 0 radical (unpaired) electrons. The first-order chi connectivity index (χ1) is 12.9. The van der Waals surface area contributed by atoms with Crippen LogP contribution in [-0.2, 0) is 9.53 Å². The van der Waals surface area contributed by atoms with E-state index in [9.17, 15) is 9.59 Å². The van der Waals surface area contributed by atoms with Crippen molar-refractivity contribution < 1.29 is 19.1 Å². The Hall–Kier alpha value is -2.38. The predicted octanol–water partition coefficient (Wildman–Crippen LogP) is 4.32. The number of benzene rings is 2. The minimum atomic E-state index is -0.238. The Morgan fingerprint density at radius 2 is 1.63 bits per heavy atom. The Morgan fingerprint density at radius 1 is 1.00 bits per heavy atom. The first-order valence-corrected chi connectivity index (χ1v) is 9.33. The van der Waals surface area contributed by atoms with Crippen LogP contribution in [0.4, 0.5) is 11.4 Å². The molecular formula is C20H23BrN2O4. The van der Waals surface area contributed by atoms with E-state index in [0.29, 0.717) is 40.4 Å². The molecule has 2 aromatic carbocycles. The van der Waals surface area contributed by atoms with E-state index in [1.165, 1.54) is 0 Å². The van der Waals surface area contributed by atoms with Crippen LogP contribution >= 0.6 is 15.9 Å². The number of amides is 2. The smallest absolute Gasteiger partial charge is 0.255 e. The van der Waals surface area contributed by atoms with Crippen molar-refractivity contribution in [3.05, 3.63) is 52.5 Å². The quantitative estimate of drug-likeness (QED) is 0.606. The summed E-state index contributed by atoms with van der Waals surface area (Å²) in [6.45, 7) is 4.58. The number of hydrogen-bond acceptors (Lipinski definition) is 4. The molecule has 0 bridgehead atoms. The molecule has 2 N–H and O–H groups in total. The maximum atomic E-state index is 12.4. The second kappa shape index (κ2) is 10.1. The van der Waals surface area contributed by atoms with Crippen molar-refractivity contribution in [1.82, 2.24) is 0 Å². The Bertz CT molecular complexity index is 791. The number of methoxy groups -OCH3 is 1. The van der Waals surface area contributed by atoms with Gasteiger partial charge in [-0.15, -0.1) is 0 Å². The van der Waals surface area contributed by atoms with E-state index in [1.807, 2.05) is 13.8 Å². The molecule has 7 heteroatoms. The van der Waals surface area contributed by atoms with Gasteiger partial charge in [0.2, 0.25) is 5.91 Å². The van der Waals surface area contributed by atoms with Crippen LogP contribution < -0.4 is 15.4 Å². The molecule has 0 unspecified atom stereocenters. The average Bonchev–Trinajstić information content (AvgIpc) is 2.64. The highest BCUT2D eigenvalue weighted by atomic mass is 79.9. The molecular weight excluding hydrogens is 412 g/mol. The van der Waals surface area contributed by atoms with Crippen LogP contribution in [0, 0.1) is 5.92 Å². The lowest BCUT2D eigenvalue weighted by molar-refractivity contribution is -0.118. The summed E-state index contributed by atoms with van der Waals surface area (Å²) in [5, 5.41) is 5.63. The van der Waals surface area contributed by atoms with Gasteiger partial charge in [-0.2, -0.15) is 0 Å². The van der Waals surface area contributed by atoms with Crippen molar-refractivity contribution in [2.75, 3.05) is 31.0 Å². The van der Waals surface area contributed by atoms with Crippen molar-refractivity contribution in [2.45, 2.75) is 13.8 Å². The summed E-state index contributed by atoms with van der Waals surface area (Å²) in [5.41, 5.74) is 1.82. The fourth-order valence-corrected chi connectivity index (χ4v) is 2.61. The van der Waals surface area contributed by atoms with Gasteiger partial charge in [0.05, 0.1) is 11.1 Å². The van der Waals surface area contributed by atoms with Gasteiger partial charge in [-0.25, -0.2) is 0 Å². The second-order valence-electron chi connectivity index (χ2n) is 6.16. The molecule has 0 heterocycles. The standard InChI is InChI=1S/C20H23BrN2O4/c1-13(2)19(24)22-15-5-7-16(8-6-15)23-20(25)14-4-9-18(17(21)12-14)27-11-10-26-3/h4-9,12-13H,10-11H2,1-3H3,(H,22,24)(H,23,25). The number of halogens is 1. The molecule has 6 nitrogen and oxygen atoms in total. The van der Waals surface area contributed by atoms with Crippen LogP contribution in [0.25, 0.3) is 0 Å². The van der Waals surface area contributed by atoms with Crippen molar-refractivity contribution in [1.29, 1.82) is 0 Å². The topological polar surface area (TPSA) is 76.7 Å². The van der Waals surface area contributed by atoms with Crippen molar-refractivity contribution in [3.63, 3.8) is 0 Å². The first-order valence-electron chi connectivity index (χ1n) is 8.54. The number of nitrogens with one attached hydrogen (secondary N) is 2. The molecule has 2 amide bonds. The Labute approximate surface area is 167 Å². The summed E-state index contributed by atoms with van der Waals surface area (Å²) in [7, 11) is 1.61. The molecule has 0 saturated heterocycles. The van der Waals surface area contributed by atoms with Gasteiger partial charge in [0.15, 0.2) is 0 Å². The van der Waals surface area contributed by atoms with E-state index in [1.54, 1.807) is 49.6 Å². The third-order valence-electron chi connectivity index (χ3n) is 3.67. The molecule has 0 atom stereocenters. The molecule has 0 aliphatic heterocycles. The monoisotopic (exact) mass is 434 g/mol. The summed E-state index contributed by atoms with van der Waals surface area (Å²) in [6.07, 6.45) is 0. The van der Waals surface area contributed by atoms with E-state index >= 15 is 0 Å². The Kier molecular flexibility index (Phi) is 7.82. The lowest BCUT2D eigenvalue weighted by atomic mass is 10.2. The largest absolute Gasteiger partial charge is 0.490 e. The van der Waals surface area contributed by atoms with Gasteiger partial charge >= 0.3 is 0 Å². The Morgan fingerprint density at radius 3 is 2.19 bits per heavy atom. The molecule has 0 aromatic heterocycles. The van der Waals surface area contributed by atoms with Gasteiger partial charge in [0.25, 0.3) is 5.91 Å². The molecule has 2 aromatic rings. The van der Waals surface area contributed by atoms with E-state index < -0.39 is 0 Å². The molecule has 2 rings (SSSR count). The van der Waals surface area contributed by atoms with Gasteiger partial charge in [0, 0.05) is 30.0 Å². The first kappa shape index (κ1) is 20.9. The van der Waals surface area contributed by atoms with Crippen LogP contribution in [0.3, 0.4) is 0 Å². The van der Waals surface area contributed by atoms with Crippen molar-refractivity contribution >= 4 is 39.1 Å². The van der Waals surface area contributed by atoms with Crippen LogP contribution in [0.2, 0.25) is 0 Å². The van der Waals surface area contributed by atoms with E-state index in [4.69, 9.17) is 9.47 Å². The number of hydrogen-bond donors (Lipinski definition) is 2. The molecule has 0 spiro atoms. The van der Waals surface area contributed by atoms with Gasteiger partial charge in [0.1, 0.15) is 12.4 Å². The minimum Gasteiger partial charge on any atom is -0.490 e. The van der Waals surface area contributed by atoms with Crippen molar-refractivity contribution in [2.24, 2.45) is 5.92 Å². The zero-order valence-corrected chi connectivity index (χ0v) is 17.1. The van der Waals surface area contributed by atoms with Gasteiger partial charge in [-0.3, -0.25) is 9.59 Å². The SMILES string of the molecule is COCCOc1ccc(C(=O)Nc2ccc(NC(=O)C(C)C)cc2)cc1Br. The highest BCUT2D eigenvalue weighted by Gasteiger charge is 2.11. The zero-order chi connectivity index (χ0) is 19.8. The van der Waals surface area contributed by atoms with Gasteiger partial charge in [-0.05, 0) is 58.4 Å². The maximum Gasteiger partial charge on any atom is 0.255 e. The third kappa shape index (κ3) is 6.37. The summed E-state index contributed by atoms with van der Waals surface area (Å²) in [4.78, 5) is 24.1. The summed E-state index contributed by atoms with van der Waals surface area (Å²) < 4.78 is 11.2. The lowest BCUT2D eigenvalue weighted by Gasteiger charge is -2.11. The number of ether oxygens (including phenoxy) is 2. The highest BCUT2D eigenvalue weighted by Crippen LogP contribution is 2.26. The normalized spacial score (nSPS) is 10.6. The second-order valence-corrected chi connectivity index (χ2v) is 7.02. The predicted molar refractivity (Wildman–Crippen MR) is 109 cm³/mol. The minimum absolute atomic E-state index is 0.0514. The Balaban J connectivity index is 1.98. The fraction of sp³-hybridized carbons (Fsp3) is 0.300. The van der Waals surface area contributed by atoms with Crippen LogP contribution in [-0.4, -0.2) is 32.1 Å². The number of carbonyl (C=O) groups is 2. The number of anilines is 2. The number of rotatable bonds is 8. The van der Waals surface area contributed by atoms with E-state index in [0.717, 1.165) is 0 Å². The summed E-state index contributed by atoms with van der Waals surface area (Å²) in [5.74, 6) is 0.265. The van der Waals surface area contributed by atoms with Crippen LogP contribution in [0.5, 0.6) is 5.75 Å². The molecule has 27 heavy (non-hydrogen) atoms. The summed E-state index contributed by atoms with van der Waals surface area (Å²) >= 11 is 3.41.